The van der Waals surface area contributed by atoms with Crippen LogP contribution in [-0.4, -0.2) is 22.4 Å². The van der Waals surface area contributed by atoms with Crippen LogP contribution in [0.1, 0.15) is 34.4 Å². The second-order valence-corrected chi connectivity index (χ2v) is 5.70. The van der Waals surface area contributed by atoms with E-state index in [4.69, 9.17) is 5.73 Å². The lowest BCUT2D eigenvalue weighted by Crippen LogP contribution is -2.13. The van der Waals surface area contributed by atoms with E-state index >= 15 is 0 Å². The molecule has 0 fully saturated rings. The molecular weight excluding hydrogens is 286 g/mol. The van der Waals surface area contributed by atoms with Crippen molar-refractivity contribution < 1.29 is 4.79 Å². The summed E-state index contributed by atoms with van der Waals surface area (Å²) in [7, 11) is 0. The van der Waals surface area contributed by atoms with Gasteiger partial charge in [-0.15, -0.1) is 0 Å². The third kappa shape index (κ3) is 3.69. The molecule has 2 rings (SSSR count). The first-order valence-electron chi connectivity index (χ1n) is 6.77. The number of pyridine rings is 1. The maximum atomic E-state index is 12.3. The third-order valence-corrected chi connectivity index (χ3v) is 3.89. The average molecular weight is 305 g/mol. The first-order chi connectivity index (χ1) is 10.0. The highest BCUT2D eigenvalue weighted by Crippen LogP contribution is 2.26. The smallest absolute Gasteiger partial charge is 0.269 e. The second kappa shape index (κ2) is 6.53. The second-order valence-electron chi connectivity index (χ2n) is 4.70. The Bertz CT molecular complexity index is 653. The van der Waals surface area contributed by atoms with Crippen molar-refractivity contribution in [2.24, 2.45) is 0 Å². The zero-order valence-corrected chi connectivity index (χ0v) is 13.2. The third-order valence-electron chi connectivity index (χ3n) is 2.86. The molecule has 2 heterocycles. The van der Waals surface area contributed by atoms with Crippen molar-refractivity contribution in [1.29, 1.82) is 0 Å². The van der Waals surface area contributed by atoms with Gasteiger partial charge < -0.3 is 16.4 Å². The van der Waals surface area contributed by atoms with Gasteiger partial charge in [-0.2, -0.15) is 0 Å². The van der Waals surface area contributed by atoms with Gasteiger partial charge in [-0.05, 0) is 32.4 Å². The van der Waals surface area contributed by atoms with Crippen LogP contribution < -0.4 is 16.4 Å². The SMILES string of the molecule is CCCNc1nc(N)c(C(=O)Nc2ccc(C)nc2C)s1. The lowest BCUT2D eigenvalue weighted by molar-refractivity contribution is 0.103. The minimum absolute atomic E-state index is 0.244. The molecule has 6 nitrogen and oxygen atoms in total. The number of anilines is 3. The summed E-state index contributed by atoms with van der Waals surface area (Å²) < 4.78 is 0. The van der Waals surface area contributed by atoms with Crippen LogP contribution in [-0.2, 0) is 0 Å². The number of aromatic nitrogens is 2. The highest BCUT2D eigenvalue weighted by molar-refractivity contribution is 7.18. The van der Waals surface area contributed by atoms with E-state index in [1.807, 2.05) is 26.0 Å². The number of nitrogens with two attached hydrogens (primary N) is 1. The molecular formula is C14H19N5OS. The van der Waals surface area contributed by atoms with Crippen LogP contribution in [0.2, 0.25) is 0 Å². The molecule has 0 aliphatic carbocycles. The fraction of sp³-hybridized carbons (Fsp3) is 0.357. The van der Waals surface area contributed by atoms with Gasteiger partial charge in [-0.3, -0.25) is 9.78 Å². The molecule has 0 aliphatic heterocycles. The number of nitrogen functional groups attached to an aromatic ring is 1. The fourth-order valence-corrected chi connectivity index (χ4v) is 2.61. The molecule has 1 amide bonds. The quantitative estimate of drug-likeness (QED) is 0.790. The summed E-state index contributed by atoms with van der Waals surface area (Å²) in [5, 5.41) is 6.62. The van der Waals surface area contributed by atoms with Gasteiger partial charge in [-0.1, -0.05) is 18.3 Å². The number of hydrogen-bond acceptors (Lipinski definition) is 6. The molecule has 0 radical (unpaired) electrons. The van der Waals surface area contributed by atoms with E-state index in [2.05, 4.69) is 27.5 Å². The largest absolute Gasteiger partial charge is 0.382 e. The Balaban J connectivity index is 2.14. The summed E-state index contributed by atoms with van der Waals surface area (Å²) >= 11 is 1.26. The predicted molar refractivity (Wildman–Crippen MR) is 87.0 cm³/mol. The van der Waals surface area contributed by atoms with Crippen LogP contribution in [0.5, 0.6) is 0 Å². The van der Waals surface area contributed by atoms with Gasteiger partial charge in [-0.25, -0.2) is 4.98 Å². The van der Waals surface area contributed by atoms with Gasteiger partial charge in [0.1, 0.15) is 10.7 Å². The molecule has 7 heteroatoms. The fourth-order valence-electron chi connectivity index (χ4n) is 1.80. The van der Waals surface area contributed by atoms with Gasteiger partial charge >= 0.3 is 0 Å². The zero-order chi connectivity index (χ0) is 15.4. The van der Waals surface area contributed by atoms with Crippen LogP contribution >= 0.6 is 11.3 Å². The molecule has 2 aromatic heterocycles. The van der Waals surface area contributed by atoms with Crippen molar-refractivity contribution >= 4 is 33.9 Å². The zero-order valence-electron chi connectivity index (χ0n) is 12.4. The van der Waals surface area contributed by atoms with Gasteiger partial charge in [0.25, 0.3) is 5.91 Å². The van der Waals surface area contributed by atoms with E-state index in [1.165, 1.54) is 11.3 Å². The lowest BCUT2D eigenvalue weighted by atomic mass is 10.2. The highest BCUT2D eigenvalue weighted by Gasteiger charge is 2.17. The number of nitrogens with one attached hydrogen (secondary N) is 2. The average Bonchev–Trinajstić information content (AvgIpc) is 2.81. The molecule has 0 atom stereocenters. The first-order valence-corrected chi connectivity index (χ1v) is 7.58. The number of nitrogens with zero attached hydrogens (tertiary/aromatic N) is 2. The van der Waals surface area contributed by atoms with Gasteiger partial charge in [0, 0.05) is 12.2 Å². The van der Waals surface area contributed by atoms with Crippen LogP contribution in [0.15, 0.2) is 12.1 Å². The normalized spacial score (nSPS) is 10.4. The van der Waals surface area contributed by atoms with Crippen molar-refractivity contribution in [2.75, 3.05) is 22.9 Å². The molecule has 0 unspecified atom stereocenters. The minimum atomic E-state index is -0.261. The Morgan fingerprint density at radius 3 is 2.76 bits per heavy atom. The maximum absolute atomic E-state index is 12.3. The number of aryl methyl sites for hydroxylation is 2. The first kappa shape index (κ1) is 15.2. The number of carbonyl (C=O) groups is 1. The summed E-state index contributed by atoms with van der Waals surface area (Å²) in [5.41, 5.74) is 8.18. The number of carbonyl (C=O) groups excluding carboxylic acids is 1. The number of hydrogen-bond donors (Lipinski definition) is 3. The molecule has 2 aromatic rings. The molecule has 0 spiro atoms. The summed E-state index contributed by atoms with van der Waals surface area (Å²) in [6.45, 7) is 6.62. The topological polar surface area (TPSA) is 92.9 Å². The molecule has 4 N–H and O–H groups in total. The maximum Gasteiger partial charge on any atom is 0.269 e. The Morgan fingerprint density at radius 2 is 2.10 bits per heavy atom. The van der Waals surface area contributed by atoms with E-state index in [0.29, 0.717) is 15.7 Å². The Hall–Kier alpha value is -2.15. The van der Waals surface area contributed by atoms with E-state index in [0.717, 1.165) is 24.4 Å². The number of rotatable bonds is 5. The van der Waals surface area contributed by atoms with Gasteiger partial charge in [0.05, 0.1) is 11.4 Å². The molecule has 0 saturated heterocycles. The molecule has 0 bridgehead atoms. The monoisotopic (exact) mass is 305 g/mol. The van der Waals surface area contributed by atoms with E-state index in [9.17, 15) is 4.79 Å². The van der Waals surface area contributed by atoms with Gasteiger partial charge in [0.2, 0.25) is 0 Å². The van der Waals surface area contributed by atoms with Crippen LogP contribution in [0, 0.1) is 13.8 Å². The minimum Gasteiger partial charge on any atom is -0.382 e. The highest BCUT2D eigenvalue weighted by atomic mass is 32.1. The molecule has 21 heavy (non-hydrogen) atoms. The molecule has 0 saturated carbocycles. The van der Waals surface area contributed by atoms with Crippen molar-refractivity contribution in [1.82, 2.24) is 9.97 Å². The Morgan fingerprint density at radius 1 is 1.33 bits per heavy atom. The van der Waals surface area contributed by atoms with Crippen molar-refractivity contribution in [2.45, 2.75) is 27.2 Å². The number of thiazole rings is 1. The molecule has 0 aliphatic rings. The van der Waals surface area contributed by atoms with E-state index < -0.39 is 0 Å². The standard InChI is InChI=1S/C14H19N5OS/c1-4-7-16-14-19-12(15)11(21-14)13(20)18-10-6-5-8(2)17-9(10)3/h5-6H,4,7,15H2,1-3H3,(H,16,19)(H,18,20). The number of amides is 1. The summed E-state index contributed by atoms with van der Waals surface area (Å²) in [5.74, 6) is -0.0165. The summed E-state index contributed by atoms with van der Waals surface area (Å²) in [6.07, 6.45) is 0.981. The van der Waals surface area contributed by atoms with Gasteiger partial charge in [0.15, 0.2) is 5.13 Å². The van der Waals surface area contributed by atoms with Crippen molar-refractivity contribution in [3.8, 4) is 0 Å². The van der Waals surface area contributed by atoms with Crippen LogP contribution in [0.4, 0.5) is 16.6 Å². The predicted octanol–water partition coefficient (Wildman–Crippen LogP) is 2.81. The van der Waals surface area contributed by atoms with Crippen molar-refractivity contribution in [3.63, 3.8) is 0 Å². The summed E-state index contributed by atoms with van der Waals surface area (Å²) in [6, 6.07) is 3.69. The van der Waals surface area contributed by atoms with Crippen LogP contribution in [0.25, 0.3) is 0 Å². The lowest BCUT2D eigenvalue weighted by Gasteiger charge is -2.07. The Kier molecular flexibility index (Phi) is 4.74. The van der Waals surface area contributed by atoms with E-state index in [-0.39, 0.29) is 11.7 Å². The summed E-state index contributed by atoms with van der Waals surface area (Å²) in [4.78, 5) is 21.2. The Labute approximate surface area is 127 Å². The molecule has 0 aromatic carbocycles. The van der Waals surface area contributed by atoms with Crippen molar-refractivity contribution in [3.05, 3.63) is 28.4 Å². The molecule has 112 valence electrons. The van der Waals surface area contributed by atoms with Crippen LogP contribution in [0.3, 0.4) is 0 Å². The van der Waals surface area contributed by atoms with E-state index in [1.54, 1.807) is 0 Å².